The molecule has 2 heterocycles. The third-order valence-electron chi connectivity index (χ3n) is 4.91. The van der Waals surface area contributed by atoms with Crippen LogP contribution < -0.4 is 0 Å². The smallest absolute Gasteiger partial charge is 0.255 e. The molecule has 1 fully saturated rings. The molecule has 0 saturated carbocycles. The van der Waals surface area contributed by atoms with Crippen molar-refractivity contribution in [2.45, 2.75) is 25.9 Å². The van der Waals surface area contributed by atoms with E-state index in [1.165, 1.54) is 0 Å². The van der Waals surface area contributed by atoms with E-state index in [0.29, 0.717) is 26.1 Å². The summed E-state index contributed by atoms with van der Waals surface area (Å²) in [4.78, 5) is 16.8. The highest BCUT2D eigenvalue weighted by molar-refractivity contribution is 5.96. The number of rotatable bonds is 4. The summed E-state index contributed by atoms with van der Waals surface area (Å²) in [6.07, 6.45) is 0.619. The predicted molar refractivity (Wildman–Crippen MR) is 99.3 cm³/mol. The Morgan fingerprint density at radius 2 is 1.92 bits per heavy atom. The Labute approximate surface area is 149 Å². The number of aliphatic hydroxyl groups is 1. The maximum absolute atomic E-state index is 13.0. The SMILES string of the molecule is Cc1cc(C(=O)N2CCC(O)(CN(C)C)C2)c(C)n1-c1ccccc1. The zero-order valence-electron chi connectivity index (χ0n) is 15.5. The van der Waals surface area contributed by atoms with Crippen LogP contribution in [0.3, 0.4) is 0 Å². The summed E-state index contributed by atoms with van der Waals surface area (Å²) in [6, 6.07) is 12.0. The summed E-state index contributed by atoms with van der Waals surface area (Å²) in [5, 5.41) is 10.7. The number of amides is 1. The Kier molecular flexibility index (Phi) is 4.71. The third kappa shape index (κ3) is 3.48. The normalized spacial score (nSPS) is 20.5. The number of nitrogens with zero attached hydrogens (tertiary/aromatic N) is 3. The van der Waals surface area contributed by atoms with E-state index < -0.39 is 5.60 Å². The molecule has 1 aromatic carbocycles. The minimum atomic E-state index is -0.815. The lowest BCUT2D eigenvalue weighted by Gasteiger charge is -2.26. The standard InChI is InChI=1S/C20H27N3O2/c1-15-12-18(16(2)23(15)17-8-6-5-7-9-17)19(24)22-11-10-20(25,14-22)13-21(3)4/h5-9,12,25H,10-11,13-14H2,1-4H3. The van der Waals surface area contributed by atoms with Gasteiger partial charge in [0, 0.05) is 30.2 Å². The zero-order valence-corrected chi connectivity index (χ0v) is 15.5. The van der Waals surface area contributed by atoms with Crippen LogP contribution in [0.2, 0.25) is 0 Å². The number of carbonyl (C=O) groups excluding carboxylic acids is 1. The molecular weight excluding hydrogens is 314 g/mol. The number of β-amino-alcohol motifs (C(OH)–C–C–N with tert-alkyl or cyclic N) is 1. The van der Waals surface area contributed by atoms with Gasteiger partial charge < -0.3 is 19.5 Å². The van der Waals surface area contributed by atoms with Crippen LogP contribution in [0.15, 0.2) is 36.4 Å². The molecule has 25 heavy (non-hydrogen) atoms. The molecule has 1 atom stereocenters. The summed E-state index contributed by atoms with van der Waals surface area (Å²) in [6.45, 7) is 5.55. The summed E-state index contributed by atoms with van der Waals surface area (Å²) in [5.41, 5.74) is 2.94. The largest absolute Gasteiger partial charge is 0.387 e. The van der Waals surface area contributed by atoms with Gasteiger partial charge in [-0.2, -0.15) is 0 Å². The molecule has 0 radical (unpaired) electrons. The van der Waals surface area contributed by atoms with Gasteiger partial charge in [-0.05, 0) is 52.6 Å². The first kappa shape index (κ1) is 17.7. The fourth-order valence-electron chi connectivity index (χ4n) is 3.87. The van der Waals surface area contributed by atoms with Crippen molar-refractivity contribution in [1.29, 1.82) is 0 Å². The average molecular weight is 341 g/mol. The number of aryl methyl sites for hydroxylation is 1. The highest BCUT2D eigenvalue weighted by atomic mass is 16.3. The van der Waals surface area contributed by atoms with E-state index in [-0.39, 0.29) is 5.91 Å². The molecule has 1 amide bonds. The first-order valence-corrected chi connectivity index (χ1v) is 8.71. The topological polar surface area (TPSA) is 48.7 Å². The number of likely N-dealkylation sites (tertiary alicyclic amines) is 1. The zero-order chi connectivity index (χ0) is 18.2. The van der Waals surface area contributed by atoms with Crippen LogP contribution in [0, 0.1) is 13.8 Å². The Morgan fingerprint density at radius 3 is 2.56 bits per heavy atom. The van der Waals surface area contributed by atoms with Crippen LogP contribution in [-0.4, -0.2) is 64.7 Å². The van der Waals surface area contributed by atoms with E-state index in [9.17, 15) is 9.90 Å². The number of likely N-dealkylation sites (N-methyl/N-ethyl adjacent to an activating group) is 1. The molecular formula is C20H27N3O2. The van der Waals surface area contributed by atoms with E-state index in [1.807, 2.05) is 69.2 Å². The van der Waals surface area contributed by atoms with Gasteiger partial charge >= 0.3 is 0 Å². The molecule has 5 nitrogen and oxygen atoms in total. The van der Waals surface area contributed by atoms with Crippen molar-refractivity contribution in [2.75, 3.05) is 33.7 Å². The molecule has 1 aliphatic rings. The van der Waals surface area contributed by atoms with Gasteiger partial charge in [0.2, 0.25) is 0 Å². The van der Waals surface area contributed by atoms with Crippen LogP contribution in [-0.2, 0) is 0 Å². The number of aromatic nitrogens is 1. The fraction of sp³-hybridized carbons (Fsp3) is 0.450. The average Bonchev–Trinajstić information content (AvgIpc) is 3.07. The molecule has 5 heteroatoms. The van der Waals surface area contributed by atoms with Crippen LogP contribution in [0.4, 0.5) is 0 Å². The van der Waals surface area contributed by atoms with Crippen molar-refractivity contribution in [3.8, 4) is 5.69 Å². The summed E-state index contributed by atoms with van der Waals surface area (Å²) < 4.78 is 2.11. The molecule has 0 spiro atoms. The summed E-state index contributed by atoms with van der Waals surface area (Å²) >= 11 is 0. The highest BCUT2D eigenvalue weighted by Crippen LogP contribution is 2.27. The molecule has 0 aliphatic carbocycles. The first-order chi connectivity index (χ1) is 11.8. The number of para-hydroxylation sites is 1. The molecule has 2 aromatic rings. The first-order valence-electron chi connectivity index (χ1n) is 8.71. The van der Waals surface area contributed by atoms with Gasteiger partial charge in [0.15, 0.2) is 0 Å². The van der Waals surface area contributed by atoms with Crippen molar-refractivity contribution in [2.24, 2.45) is 0 Å². The molecule has 1 aliphatic heterocycles. The number of hydrogen-bond donors (Lipinski definition) is 1. The van der Waals surface area contributed by atoms with Crippen molar-refractivity contribution >= 4 is 5.91 Å². The van der Waals surface area contributed by atoms with Crippen LogP contribution in [0.1, 0.15) is 28.2 Å². The molecule has 1 saturated heterocycles. The molecule has 0 bridgehead atoms. The van der Waals surface area contributed by atoms with Crippen LogP contribution >= 0.6 is 0 Å². The van der Waals surface area contributed by atoms with E-state index in [1.54, 1.807) is 4.90 Å². The van der Waals surface area contributed by atoms with Crippen molar-refractivity contribution < 1.29 is 9.90 Å². The van der Waals surface area contributed by atoms with Gasteiger partial charge in [0.1, 0.15) is 0 Å². The summed E-state index contributed by atoms with van der Waals surface area (Å²) in [5.74, 6) is 0.00459. The minimum Gasteiger partial charge on any atom is -0.387 e. The second-order valence-corrected chi connectivity index (χ2v) is 7.39. The lowest BCUT2D eigenvalue weighted by molar-refractivity contribution is 0.0236. The van der Waals surface area contributed by atoms with Crippen LogP contribution in [0.5, 0.6) is 0 Å². The highest BCUT2D eigenvalue weighted by Gasteiger charge is 2.39. The van der Waals surface area contributed by atoms with Gasteiger partial charge in [0.25, 0.3) is 5.91 Å². The lowest BCUT2D eigenvalue weighted by atomic mass is 10.0. The monoisotopic (exact) mass is 341 g/mol. The van der Waals surface area contributed by atoms with Crippen molar-refractivity contribution in [3.63, 3.8) is 0 Å². The second-order valence-electron chi connectivity index (χ2n) is 7.39. The Morgan fingerprint density at radius 1 is 1.24 bits per heavy atom. The van der Waals surface area contributed by atoms with Crippen LogP contribution in [0.25, 0.3) is 5.69 Å². The molecule has 1 unspecified atom stereocenters. The lowest BCUT2D eigenvalue weighted by Crippen LogP contribution is -2.43. The van der Waals surface area contributed by atoms with Crippen molar-refractivity contribution in [1.82, 2.24) is 14.4 Å². The number of carbonyl (C=O) groups is 1. The second kappa shape index (κ2) is 6.65. The maximum atomic E-state index is 13.0. The minimum absolute atomic E-state index is 0.00459. The van der Waals surface area contributed by atoms with Gasteiger partial charge in [-0.3, -0.25) is 4.79 Å². The van der Waals surface area contributed by atoms with Gasteiger partial charge in [0.05, 0.1) is 17.7 Å². The summed E-state index contributed by atoms with van der Waals surface area (Å²) in [7, 11) is 3.88. The molecule has 1 N–H and O–H groups in total. The van der Waals surface area contributed by atoms with E-state index in [4.69, 9.17) is 0 Å². The van der Waals surface area contributed by atoms with E-state index in [2.05, 4.69) is 4.57 Å². The Balaban J connectivity index is 1.85. The molecule has 1 aromatic heterocycles. The third-order valence-corrected chi connectivity index (χ3v) is 4.91. The number of hydrogen-bond acceptors (Lipinski definition) is 3. The van der Waals surface area contributed by atoms with E-state index in [0.717, 1.165) is 22.6 Å². The van der Waals surface area contributed by atoms with Gasteiger partial charge in [-0.1, -0.05) is 18.2 Å². The maximum Gasteiger partial charge on any atom is 0.255 e. The quantitative estimate of drug-likeness (QED) is 0.928. The van der Waals surface area contributed by atoms with Crippen molar-refractivity contribution in [3.05, 3.63) is 53.3 Å². The van der Waals surface area contributed by atoms with Gasteiger partial charge in [-0.25, -0.2) is 0 Å². The fourth-order valence-corrected chi connectivity index (χ4v) is 3.87. The Hall–Kier alpha value is -2.11. The Bertz CT molecular complexity index is 767. The van der Waals surface area contributed by atoms with E-state index >= 15 is 0 Å². The molecule has 134 valence electrons. The predicted octanol–water partition coefficient (Wildman–Crippen LogP) is 2.23. The molecule has 3 rings (SSSR count). The number of benzene rings is 1. The van der Waals surface area contributed by atoms with Gasteiger partial charge in [-0.15, -0.1) is 0 Å².